The summed E-state index contributed by atoms with van der Waals surface area (Å²) in [5.74, 6) is -0.660. The Labute approximate surface area is 187 Å². The molecule has 166 valence electrons. The lowest BCUT2D eigenvalue weighted by Gasteiger charge is -2.06. The number of nitrogens with zero attached hydrogens (tertiary/aromatic N) is 3. The highest BCUT2D eigenvalue weighted by atomic mass is 32.1. The molecule has 32 heavy (non-hydrogen) atoms. The molecule has 9 nitrogen and oxygen atoms in total. The molecule has 0 fully saturated rings. The summed E-state index contributed by atoms with van der Waals surface area (Å²) in [5, 5.41) is 13.7. The Balaban J connectivity index is 1.94. The first-order valence-electron chi connectivity index (χ1n) is 9.87. The van der Waals surface area contributed by atoms with E-state index in [9.17, 15) is 19.7 Å². The van der Waals surface area contributed by atoms with Crippen LogP contribution in [-0.4, -0.2) is 34.5 Å². The van der Waals surface area contributed by atoms with Crippen molar-refractivity contribution < 1.29 is 19.2 Å². The zero-order valence-electron chi connectivity index (χ0n) is 17.6. The van der Waals surface area contributed by atoms with Crippen LogP contribution in [0.4, 0.5) is 11.4 Å². The maximum absolute atomic E-state index is 12.5. The lowest BCUT2D eigenvalue weighted by Crippen LogP contribution is -2.19. The first kappa shape index (κ1) is 23.0. The number of benzene rings is 2. The predicted octanol–water partition coefficient (Wildman–Crippen LogP) is 3.75. The number of carbonyl (C=O) groups is 2. The van der Waals surface area contributed by atoms with Crippen molar-refractivity contribution in [2.24, 2.45) is 4.99 Å². The monoisotopic (exact) mass is 454 g/mol. The zero-order valence-corrected chi connectivity index (χ0v) is 18.4. The number of thiazole rings is 1. The largest absolute Gasteiger partial charge is 0.380 e. The van der Waals surface area contributed by atoms with Gasteiger partial charge in [-0.05, 0) is 36.8 Å². The van der Waals surface area contributed by atoms with Crippen molar-refractivity contribution in [3.63, 3.8) is 0 Å². The van der Waals surface area contributed by atoms with E-state index >= 15 is 0 Å². The molecule has 0 saturated heterocycles. The fraction of sp³-hybridized carbons (Fsp3) is 0.227. The van der Waals surface area contributed by atoms with Gasteiger partial charge in [-0.3, -0.25) is 19.7 Å². The molecule has 3 aromatic rings. The first-order chi connectivity index (χ1) is 15.4. The van der Waals surface area contributed by atoms with Crippen LogP contribution in [0.1, 0.15) is 19.4 Å². The van der Waals surface area contributed by atoms with Crippen molar-refractivity contribution in [1.82, 2.24) is 4.57 Å². The zero-order chi connectivity index (χ0) is 23.1. The molecule has 2 aromatic carbocycles. The SMILES string of the molecule is CCOCCn1c(=NC(=O)/C=C/c2cccc([N+](=O)[O-])c2)sc2cc(NC(C)=O)ccc21. The third-order valence-electron chi connectivity index (χ3n) is 4.37. The second-order valence-corrected chi connectivity index (χ2v) is 7.74. The number of nitro benzene ring substituents is 1. The van der Waals surface area contributed by atoms with E-state index < -0.39 is 10.8 Å². The van der Waals surface area contributed by atoms with Crippen molar-refractivity contribution in [2.75, 3.05) is 18.5 Å². The lowest BCUT2D eigenvalue weighted by atomic mass is 10.2. The summed E-state index contributed by atoms with van der Waals surface area (Å²) in [7, 11) is 0. The summed E-state index contributed by atoms with van der Waals surface area (Å²) in [6.07, 6.45) is 2.77. The lowest BCUT2D eigenvalue weighted by molar-refractivity contribution is -0.384. The Kier molecular flexibility index (Phi) is 7.63. The van der Waals surface area contributed by atoms with Crippen LogP contribution in [0.2, 0.25) is 0 Å². The number of non-ortho nitro benzene ring substituents is 1. The van der Waals surface area contributed by atoms with Crippen molar-refractivity contribution >= 4 is 50.8 Å². The Bertz CT molecular complexity index is 1260. The van der Waals surface area contributed by atoms with Gasteiger partial charge in [0.1, 0.15) is 0 Å². The molecule has 0 aliphatic rings. The summed E-state index contributed by atoms with van der Waals surface area (Å²) in [5.41, 5.74) is 2.01. The van der Waals surface area contributed by atoms with Gasteiger partial charge in [-0.25, -0.2) is 0 Å². The standard InChI is InChI=1S/C22H22N4O5S/c1-3-31-12-11-25-19-9-8-17(23-15(2)27)14-20(19)32-22(25)24-21(28)10-7-16-5-4-6-18(13-16)26(29)30/h4-10,13-14H,3,11-12H2,1-2H3,(H,23,27)/b10-7+,24-22?. The normalized spacial score (nSPS) is 11.9. The summed E-state index contributed by atoms with van der Waals surface area (Å²) in [6, 6.07) is 11.5. The molecule has 1 aromatic heterocycles. The van der Waals surface area contributed by atoms with Crippen molar-refractivity contribution in [2.45, 2.75) is 20.4 Å². The molecule has 10 heteroatoms. The minimum atomic E-state index is -0.490. The van der Waals surface area contributed by atoms with Gasteiger partial charge in [0.15, 0.2) is 4.80 Å². The maximum atomic E-state index is 12.5. The number of nitrogens with one attached hydrogen (secondary N) is 1. The Morgan fingerprint density at radius 2 is 2.09 bits per heavy atom. The number of aromatic nitrogens is 1. The van der Waals surface area contributed by atoms with E-state index in [-0.39, 0.29) is 11.6 Å². The summed E-state index contributed by atoms with van der Waals surface area (Å²) in [6.45, 7) is 4.89. The van der Waals surface area contributed by atoms with Crippen LogP contribution < -0.4 is 10.1 Å². The second-order valence-electron chi connectivity index (χ2n) is 6.73. The molecule has 1 heterocycles. The smallest absolute Gasteiger partial charge is 0.272 e. The quantitative estimate of drug-likeness (QED) is 0.241. The Hall–Kier alpha value is -3.63. The van der Waals surface area contributed by atoms with Gasteiger partial charge in [0.05, 0.1) is 21.7 Å². The highest BCUT2D eigenvalue weighted by molar-refractivity contribution is 7.16. The van der Waals surface area contributed by atoms with Gasteiger partial charge in [-0.15, -0.1) is 0 Å². The van der Waals surface area contributed by atoms with Gasteiger partial charge in [0, 0.05) is 44.0 Å². The number of nitro groups is 1. The van der Waals surface area contributed by atoms with Crippen LogP contribution >= 0.6 is 11.3 Å². The molecular weight excluding hydrogens is 432 g/mol. The van der Waals surface area contributed by atoms with Crippen molar-refractivity contribution in [3.05, 3.63) is 69.0 Å². The molecule has 0 atom stereocenters. The van der Waals surface area contributed by atoms with E-state index in [1.54, 1.807) is 18.2 Å². The van der Waals surface area contributed by atoms with Crippen LogP contribution in [0.5, 0.6) is 0 Å². The Morgan fingerprint density at radius 1 is 1.28 bits per heavy atom. The molecule has 0 aliphatic carbocycles. The number of amides is 2. The van der Waals surface area contributed by atoms with Crippen LogP contribution in [0.3, 0.4) is 0 Å². The first-order valence-corrected chi connectivity index (χ1v) is 10.7. The molecule has 3 rings (SSSR count). The number of ether oxygens (including phenoxy) is 1. The highest BCUT2D eigenvalue weighted by Crippen LogP contribution is 2.22. The van der Waals surface area contributed by atoms with E-state index in [4.69, 9.17) is 4.74 Å². The fourth-order valence-electron chi connectivity index (χ4n) is 3.00. The second kappa shape index (κ2) is 10.6. The summed E-state index contributed by atoms with van der Waals surface area (Å²) in [4.78, 5) is 39.0. The average Bonchev–Trinajstić information content (AvgIpc) is 3.08. The van der Waals surface area contributed by atoms with E-state index in [2.05, 4.69) is 10.3 Å². The maximum Gasteiger partial charge on any atom is 0.272 e. The number of anilines is 1. The number of fused-ring (bicyclic) bond motifs is 1. The minimum absolute atomic E-state index is 0.0511. The number of hydrogen-bond donors (Lipinski definition) is 1. The fourth-order valence-corrected chi connectivity index (χ4v) is 4.10. The molecule has 1 N–H and O–H groups in total. The van der Waals surface area contributed by atoms with Crippen molar-refractivity contribution in [1.29, 1.82) is 0 Å². The molecule has 0 unspecified atom stereocenters. The molecule has 0 spiro atoms. The topological polar surface area (TPSA) is 116 Å². The minimum Gasteiger partial charge on any atom is -0.380 e. The molecule has 0 saturated carbocycles. The van der Waals surface area contributed by atoms with E-state index in [0.29, 0.717) is 35.8 Å². The Morgan fingerprint density at radius 3 is 2.81 bits per heavy atom. The average molecular weight is 455 g/mol. The molecular formula is C22H22N4O5S. The summed E-state index contributed by atoms with van der Waals surface area (Å²) >= 11 is 1.32. The molecule has 0 radical (unpaired) electrons. The van der Waals surface area contributed by atoms with E-state index in [0.717, 1.165) is 10.2 Å². The van der Waals surface area contributed by atoms with Gasteiger partial charge in [-0.2, -0.15) is 4.99 Å². The number of carbonyl (C=O) groups excluding carboxylic acids is 2. The van der Waals surface area contributed by atoms with Crippen LogP contribution in [0, 0.1) is 10.1 Å². The third-order valence-corrected chi connectivity index (χ3v) is 5.41. The third kappa shape index (κ3) is 5.96. The van der Waals surface area contributed by atoms with Gasteiger partial charge in [0.2, 0.25) is 5.91 Å². The number of hydrogen-bond acceptors (Lipinski definition) is 6. The van der Waals surface area contributed by atoms with Gasteiger partial charge >= 0.3 is 0 Å². The molecule has 0 bridgehead atoms. The highest BCUT2D eigenvalue weighted by Gasteiger charge is 2.09. The van der Waals surface area contributed by atoms with Crippen LogP contribution in [0.15, 0.2) is 53.5 Å². The van der Waals surface area contributed by atoms with Crippen LogP contribution in [-0.2, 0) is 20.9 Å². The van der Waals surface area contributed by atoms with Crippen LogP contribution in [0.25, 0.3) is 16.3 Å². The van der Waals surface area contributed by atoms with Gasteiger partial charge < -0.3 is 14.6 Å². The molecule has 0 aliphatic heterocycles. The van der Waals surface area contributed by atoms with E-state index in [1.807, 2.05) is 23.6 Å². The predicted molar refractivity (Wildman–Crippen MR) is 123 cm³/mol. The van der Waals surface area contributed by atoms with Crippen molar-refractivity contribution in [3.8, 4) is 0 Å². The van der Waals surface area contributed by atoms with Gasteiger partial charge in [0.25, 0.3) is 11.6 Å². The van der Waals surface area contributed by atoms with E-state index in [1.165, 1.54) is 42.5 Å². The summed E-state index contributed by atoms with van der Waals surface area (Å²) < 4.78 is 8.22. The van der Waals surface area contributed by atoms with Gasteiger partial charge in [-0.1, -0.05) is 23.5 Å². The molecule has 2 amide bonds. The number of rotatable bonds is 8.